The van der Waals surface area contributed by atoms with Gasteiger partial charge in [0.2, 0.25) is 0 Å². The van der Waals surface area contributed by atoms with Crippen molar-refractivity contribution in [3.05, 3.63) is 35.9 Å². The van der Waals surface area contributed by atoms with E-state index < -0.39 is 0 Å². The molecule has 80 valence electrons. The number of hydrogen-bond donors (Lipinski definition) is 1. The maximum absolute atomic E-state index is 5.51. The van der Waals surface area contributed by atoms with Gasteiger partial charge in [-0.25, -0.2) is 4.99 Å². The largest absolute Gasteiger partial charge is 0.460 e. The molecule has 0 saturated heterocycles. The maximum atomic E-state index is 5.51. The Morgan fingerprint density at radius 2 is 2.07 bits per heavy atom. The minimum atomic E-state index is 0.119. The summed E-state index contributed by atoms with van der Waals surface area (Å²) in [5.41, 5.74) is 6.85. The molecule has 0 aliphatic carbocycles. The van der Waals surface area contributed by atoms with Crippen molar-refractivity contribution >= 4 is 6.02 Å². The van der Waals surface area contributed by atoms with Gasteiger partial charge in [0.1, 0.15) is 6.10 Å². The Balaban J connectivity index is 1.89. The number of rotatable bonds is 3. The molecule has 0 unspecified atom stereocenters. The number of benzene rings is 1. The second-order valence-corrected chi connectivity index (χ2v) is 3.88. The number of nitrogens with two attached hydrogens (primary N) is 1. The van der Waals surface area contributed by atoms with Gasteiger partial charge in [-0.1, -0.05) is 30.3 Å². The number of aliphatic imine (C=N–C) groups is 1. The van der Waals surface area contributed by atoms with Gasteiger partial charge >= 0.3 is 0 Å². The lowest BCUT2D eigenvalue weighted by molar-refractivity contribution is 0.205. The van der Waals surface area contributed by atoms with Gasteiger partial charge in [0.15, 0.2) is 0 Å². The van der Waals surface area contributed by atoms with Crippen molar-refractivity contribution in [1.29, 1.82) is 0 Å². The van der Waals surface area contributed by atoms with Gasteiger partial charge in [0.25, 0.3) is 6.02 Å². The van der Waals surface area contributed by atoms with Gasteiger partial charge in [0.05, 0.1) is 6.04 Å². The second kappa shape index (κ2) is 4.34. The third-order valence-corrected chi connectivity index (χ3v) is 2.71. The van der Waals surface area contributed by atoms with E-state index in [0.29, 0.717) is 6.02 Å². The molecule has 1 aromatic carbocycles. The van der Waals surface area contributed by atoms with Gasteiger partial charge in [-0.15, -0.1) is 0 Å². The van der Waals surface area contributed by atoms with Crippen molar-refractivity contribution in [2.45, 2.75) is 31.9 Å². The van der Waals surface area contributed by atoms with Gasteiger partial charge in [-0.3, -0.25) is 0 Å². The second-order valence-electron chi connectivity index (χ2n) is 3.88. The molecule has 2 atom stereocenters. The highest BCUT2D eigenvalue weighted by atomic mass is 16.5. The van der Waals surface area contributed by atoms with E-state index in [4.69, 9.17) is 10.5 Å². The lowest BCUT2D eigenvalue weighted by atomic mass is 10.0. The molecular weight excluding hydrogens is 188 g/mol. The highest BCUT2D eigenvalue weighted by molar-refractivity contribution is 5.73. The lowest BCUT2D eigenvalue weighted by Crippen LogP contribution is -2.20. The lowest BCUT2D eigenvalue weighted by Gasteiger charge is -2.11. The molecule has 1 aliphatic rings. The van der Waals surface area contributed by atoms with Crippen molar-refractivity contribution in [3.63, 3.8) is 0 Å². The fourth-order valence-corrected chi connectivity index (χ4v) is 1.83. The van der Waals surface area contributed by atoms with Gasteiger partial charge in [-0.05, 0) is 25.3 Å². The Morgan fingerprint density at radius 1 is 1.33 bits per heavy atom. The van der Waals surface area contributed by atoms with Crippen LogP contribution >= 0.6 is 0 Å². The first-order valence-corrected chi connectivity index (χ1v) is 5.29. The molecule has 0 bridgehead atoms. The van der Waals surface area contributed by atoms with E-state index in [1.807, 2.05) is 13.0 Å². The standard InChI is InChI=1S/C12H16N2O/c1-9-11(14-12(13)15-9)8-7-10-5-3-2-4-6-10/h2-6,9,11H,7-8H2,1H3,(H2,13,14)/t9-,11-/m1/s1. The predicted octanol–water partition coefficient (Wildman–Crippen LogP) is 1.72. The number of nitrogens with zero attached hydrogens (tertiary/aromatic N) is 1. The average molecular weight is 204 g/mol. The Hall–Kier alpha value is -1.51. The smallest absolute Gasteiger partial charge is 0.282 e. The zero-order chi connectivity index (χ0) is 10.7. The third kappa shape index (κ3) is 2.49. The van der Waals surface area contributed by atoms with Crippen LogP contribution in [-0.4, -0.2) is 18.2 Å². The van der Waals surface area contributed by atoms with Crippen molar-refractivity contribution in [1.82, 2.24) is 0 Å². The number of aryl methyl sites for hydroxylation is 1. The summed E-state index contributed by atoms with van der Waals surface area (Å²) in [6.07, 6.45) is 2.13. The summed E-state index contributed by atoms with van der Waals surface area (Å²) in [6.45, 7) is 2.01. The van der Waals surface area contributed by atoms with E-state index in [-0.39, 0.29) is 12.1 Å². The molecule has 2 N–H and O–H groups in total. The SMILES string of the molecule is C[C@H]1OC(N)=N[C@@H]1CCc1ccccc1. The Bertz CT molecular complexity index is 348. The highest BCUT2D eigenvalue weighted by Crippen LogP contribution is 2.17. The van der Waals surface area contributed by atoms with E-state index in [0.717, 1.165) is 12.8 Å². The monoisotopic (exact) mass is 204 g/mol. The van der Waals surface area contributed by atoms with Crippen molar-refractivity contribution in [3.8, 4) is 0 Å². The van der Waals surface area contributed by atoms with Crippen LogP contribution in [0.2, 0.25) is 0 Å². The number of hydrogen-bond acceptors (Lipinski definition) is 3. The zero-order valence-corrected chi connectivity index (χ0v) is 8.89. The van der Waals surface area contributed by atoms with E-state index >= 15 is 0 Å². The fraction of sp³-hybridized carbons (Fsp3) is 0.417. The molecular formula is C12H16N2O. The predicted molar refractivity (Wildman–Crippen MR) is 60.7 cm³/mol. The summed E-state index contributed by atoms with van der Waals surface area (Å²) in [5, 5.41) is 0. The maximum Gasteiger partial charge on any atom is 0.282 e. The van der Waals surface area contributed by atoms with Crippen LogP contribution in [0.15, 0.2) is 35.3 Å². The topological polar surface area (TPSA) is 47.6 Å². The van der Waals surface area contributed by atoms with Crippen LogP contribution < -0.4 is 5.73 Å². The first-order valence-electron chi connectivity index (χ1n) is 5.29. The summed E-state index contributed by atoms with van der Waals surface area (Å²) in [4.78, 5) is 4.26. The highest BCUT2D eigenvalue weighted by Gasteiger charge is 2.24. The summed E-state index contributed by atoms with van der Waals surface area (Å²) in [5.74, 6) is 0. The minimum Gasteiger partial charge on any atom is -0.460 e. The number of ether oxygens (including phenoxy) is 1. The number of amidine groups is 1. The van der Waals surface area contributed by atoms with E-state index in [2.05, 4.69) is 29.3 Å². The van der Waals surface area contributed by atoms with E-state index in [1.165, 1.54) is 5.56 Å². The molecule has 0 aromatic heterocycles. The summed E-state index contributed by atoms with van der Waals surface area (Å²) in [6, 6.07) is 11.0. The quantitative estimate of drug-likeness (QED) is 0.815. The molecule has 0 saturated carbocycles. The van der Waals surface area contributed by atoms with Crippen LogP contribution in [0.3, 0.4) is 0 Å². The first-order chi connectivity index (χ1) is 7.25. The molecule has 3 nitrogen and oxygen atoms in total. The summed E-state index contributed by atoms with van der Waals surface area (Å²) in [7, 11) is 0. The molecule has 0 radical (unpaired) electrons. The van der Waals surface area contributed by atoms with Crippen molar-refractivity contribution in [2.24, 2.45) is 10.7 Å². The Morgan fingerprint density at radius 3 is 2.67 bits per heavy atom. The normalized spacial score (nSPS) is 24.7. The van der Waals surface area contributed by atoms with Crippen molar-refractivity contribution < 1.29 is 4.74 Å². The van der Waals surface area contributed by atoms with Crippen LogP contribution in [0.5, 0.6) is 0 Å². The molecule has 1 heterocycles. The van der Waals surface area contributed by atoms with E-state index in [9.17, 15) is 0 Å². The van der Waals surface area contributed by atoms with E-state index in [1.54, 1.807) is 0 Å². The minimum absolute atomic E-state index is 0.119. The molecule has 0 fully saturated rings. The molecule has 2 rings (SSSR count). The summed E-state index contributed by atoms with van der Waals surface area (Å²) < 4.78 is 5.29. The van der Waals surface area contributed by atoms with Gasteiger partial charge in [0, 0.05) is 0 Å². The molecule has 3 heteroatoms. The van der Waals surface area contributed by atoms with Crippen molar-refractivity contribution in [2.75, 3.05) is 0 Å². The van der Waals surface area contributed by atoms with Crippen LogP contribution in [0.25, 0.3) is 0 Å². The molecule has 0 spiro atoms. The molecule has 0 amide bonds. The van der Waals surface area contributed by atoms with Crippen LogP contribution in [0, 0.1) is 0 Å². The Kier molecular flexibility index (Phi) is 2.90. The molecule has 1 aromatic rings. The van der Waals surface area contributed by atoms with Gasteiger partial charge < -0.3 is 10.5 Å². The van der Waals surface area contributed by atoms with Crippen LogP contribution in [0.4, 0.5) is 0 Å². The zero-order valence-electron chi connectivity index (χ0n) is 8.89. The average Bonchev–Trinajstić information content (AvgIpc) is 2.56. The first kappa shape index (κ1) is 10.0. The third-order valence-electron chi connectivity index (χ3n) is 2.71. The van der Waals surface area contributed by atoms with Gasteiger partial charge in [-0.2, -0.15) is 0 Å². The fourth-order valence-electron chi connectivity index (χ4n) is 1.83. The van der Waals surface area contributed by atoms with Crippen LogP contribution in [0.1, 0.15) is 18.9 Å². The van der Waals surface area contributed by atoms with Crippen LogP contribution in [-0.2, 0) is 11.2 Å². The summed E-state index contributed by atoms with van der Waals surface area (Å²) >= 11 is 0. The Labute approximate surface area is 90.0 Å². The molecule has 15 heavy (non-hydrogen) atoms. The molecule has 1 aliphatic heterocycles.